The first-order chi connectivity index (χ1) is 11.0. The van der Waals surface area contributed by atoms with Crippen LogP contribution in [-0.2, 0) is 0 Å². The molecule has 1 aromatic heterocycles. The van der Waals surface area contributed by atoms with Crippen LogP contribution in [0.15, 0.2) is 22.7 Å². The normalized spacial score (nSPS) is 30.8. The molecule has 4 nitrogen and oxygen atoms in total. The first-order valence-corrected chi connectivity index (χ1v) is 8.33. The van der Waals surface area contributed by atoms with Gasteiger partial charge in [0.15, 0.2) is 5.82 Å². The Morgan fingerprint density at radius 1 is 1.26 bits per heavy atom. The van der Waals surface area contributed by atoms with Gasteiger partial charge in [0.25, 0.3) is 0 Å². The van der Waals surface area contributed by atoms with E-state index in [0.29, 0.717) is 29.4 Å². The van der Waals surface area contributed by atoms with Crippen molar-refractivity contribution >= 4 is 0 Å². The van der Waals surface area contributed by atoms with Crippen LogP contribution in [0.3, 0.4) is 0 Å². The van der Waals surface area contributed by atoms with E-state index in [-0.39, 0.29) is 11.7 Å². The van der Waals surface area contributed by atoms with Gasteiger partial charge in [-0.2, -0.15) is 4.98 Å². The number of rotatable bonds is 2. The van der Waals surface area contributed by atoms with E-state index in [9.17, 15) is 4.39 Å². The van der Waals surface area contributed by atoms with Crippen LogP contribution in [0.1, 0.15) is 53.9 Å². The lowest BCUT2D eigenvalue weighted by atomic mass is 9.75. The molecule has 2 fully saturated rings. The Bertz CT molecular complexity index is 729. The quantitative estimate of drug-likeness (QED) is 0.850. The van der Waals surface area contributed by atoms with Crippen LogP contribution in [0.4, 0.5) is 4.39 Å². The van der Waals surface area contributed by atoms with Gasteiger partial charge in [-0.25, -0.2) is 4.39 Å². The Kier molecular flexibility index (Phi) is 3.48. The van der Waals surface area contributed by atoms with Crippen molar-refractivity contribution in [3.8, 4) is 0 Å². The largest absolute Gasteiger partial charge is 0.339 e. The van der Waals surface area contributed by atoms with E-state index < -0.39 is 0 Å². The first-order valence-electron chi connectivity index (χ1n) is 8.33. The Balaban J connectivity index is 1.77. The van der Waals surface area contributed by atoms with E-state index >= 15 is 0 Å². The maximum Gasteiger partial charge on any atom is 0.231 e. The van der Waals surface area contributed by atoms with Crippen LogP contribution in [0.25, 0.3) is 0 Å². The Morgan fingerprint density at radius 3 is 2.78 bits per heavy atom. The predicted octanol–water partition coefficient (Wildman–Crippen LogP) is 3.56. The molecular weight excluding hydrogens is 293 g/mol. The number of aryl methyl sites for hydroxylation is 2. The molecule has 2 aliphatic heterocycles. The van der Waals surface area contributed by atoms with Gasteiger partial charge in [-0.15, -0.1) is 0 Å². The zero-order valence-electron chi connectivity index (χ0n) is 13.8. The van der Waals surface area contributed by atoms with Crippen molar-refractivity contribution in [2.24, 2.45) is 0 Å². The van der Waals surface area contributed by atoms with Crippen LogP contribution in [0.2, 0.25) is 0 Å². The minimum Gasteiger partial charge on any atom is -0.339 e. The van der Waals surface area contributed by atoms with E-state index in [4.69, 9.17) is 4.52 Å². The second-order valence-corrected chi connectivity index (χ2v) is 7.02. The highest BCUT2D eigenvalue weighted by Crippen LogP contribution is 2.50. The van der Waals surface area contributed by atoms with Gasteiger partial charge in [-0.3, -0.25) is 4.90 Å². The molecule has 0 saturated carbocycles. The maximum atomic E-state index is 13.7. The highest BCUT2D eigenvalue weighted by Gasteiger charge is 2.48. The van der Waals surface area contributed by atoms with E-state index in [1.165, 1.54) is 12.0 Å². The van der Waals surface area contributed by atoms with Crippen LogP contribution < -0.4 is 0 Å². The average Bonchev–Trinajstić information content (AvgIpc) is 3.03. The first kappa shape index (κ1) is 14.8. The van der Waals surface area contributed by atoms with Gasteiger partial charge in [-0.1, -0.05) is 17.3 Å². The summed E-state index contributed by atoms with van der Waals surface area (Å²) in [4.78, 5) is 6.99. The minimum atomic E-state index is -0.144. The van der Waals surface area contributed by atoms with E-state index in [1.807, 2.05) is 26.0 Å². The lowest BCUT2D eigenvalue weighted by Crippen LogP contribution is -2.44. The van der Waals surface area contributed by atoms with Crippen molar-refractivity contribution < 1.29 is 8.91 Å². The van der Waals surface area contributed by atoms with Crippen molar-refractivity contribution in [3.63, 3.8) is 0 Å². The molecule has 122 valence electrons. The summed E-state index contributed by atoms with van der Waals surface area (Å²) >= 11 is 0. The van der Waals surface area contributed by atoms with Gasteiger partial charge in [0.1, 0.15) is 5.82 Å². The molecule has 0 aliphatic carbocycles. The number of fused-ring (bicyclic) bond motifs is 2. The number of benzene rings is 1. The summed E-state index contributed by atoms with van der Waals surface area (Å²) in [6, 6.07) is 6.51. The van der Waals surface area contributed by atoms with Gasteiger partial charge in [0.2, 0.25) is 5.89 Å². The molecule has 0 amide bonds. The third-order valence-corrected chi connectivity index (χ3v) is 5.71. The maximum absolute atomic E-state index is 13.7. The van der Waals surface area contributed by atoms with Crippen molar-refractivity contribution in [2.75, 3.05) is 7.05 Å². The van der Waals surface area contributed by atoms with Gasteiger partial charge >= 0.3 is 0 Å². The highest BCUT2D eigenvalue weighted by atomic mass is 19.1. The van der Waals surface area contributed by atoms with Crippen LogP contribution in [-0.4, -0.2) is 34.2 Å². The molecule has 23 heavy (non-hydrogen) atoms. The Labute approximate surface area is 135 Å². The zero-order valence-corrected chi connectivity index (χ0v) is 13.8. The fourth-order valence-corrected chi connectivity index (χ4v) is 4.49. The number of hydrogen-bond acceptors (Lipinski definition) is 4. The van der Waals surface area contributed by atoms with E-state index in [1.54, 1.807) is 6.07 Å². The summed E-state index contributed by atoms with van der Waals surface area (Å²) < 4.78 is 19.2. The number of halogens is 1. The minimum absolute atomic E-state index is 0.144. The summed E-state index contributed by atoms with van der Waals surface area (Å²) in [7, 11) is 2.20. The standard InChI is InChI=1S/C18H22FN3O/c1-10-8-12(4-6-15(10)19)14-9-13-5-7-16(22(13)3)17(14)18-20-11(2)21-23-18/h4,6,8,13-14,16-17H,5,7,9H2,1-3H3/t13-,14-,16+,17-/m0/s1. The molecule has 2 saturated heterocycles. The SMILES string of the molecule is Cc1noc([C@@H]2[C@H]3CC[C@@H](C[C@H]2c2ccc(F)c(C)c2)N3C)n1. The molecule has 0 spiro atoms. The topological polar surface area (TPSA) is 42.2 Å². The molecule has 5 heteroatoms. The van der Waals surface area contributed by atoms with Crippen LogP contribution in [0, 0.1) is 19.7 Å². The lowest BCUT2D eigenvalue weighted by molar-refractivity contribution is 0.119. The molecule has 0 radical (unpaired) electrons. The molecule has 3 heterocycles. The Morgan fingerprint density at radius 2 is 2.09 bits per heavy atom. The number of aromatic nitrogens is 2. The molecule has 4 atom stereocenters. The molecular formula is C18H22FN3O. The average molecular weight is 315 g/mol. The lowest BCUT2D eigenvalue weighted by Gasteiger charge is -2.41. The molecule has 2 aliphatic rings. The van der Waals surface area contributed by atoms with Crippen molar-refractivity contribution in [1.82, 2.24) is 15.0 Å². The van der Waals surface area contributed by atoms with Crippen molar-refractivity contribution in [3.05, 3.63) is 46.9 Å². The van der Waals surface area contributed by atoms with Gasteiger partial charge < -0.3 is 4.52 Å². The third kappa shape index (κ3) is 2.38. The van der Waals surface area contributed by atoms with Crippen molar-refractivity contribution in [1.29, 1.82) is 0 Å². The summed E-state index contributed by atoms with van der Waals surface area (Å²) in [5.74, 6) is 1.76. The van der Waals surface area contributed by atoms with E-state index in [0.717, 1.165) is 18.7 Å². The number of piperidine rings is 1. The zero-order chi connectivity index (χ0) is 16.1. The molecule has 0 unspecified atom stereocenters. The number of likely N-dealkylation sites (N-methyl/N-ethyl adjacent to an activating group) is 1. The fraction of sp³-hybridized carbons (Fsp3) is 0.556. The van der Waals surface area contributed by atoms with Crippen LogP contribution in [0.5, 0.6) is 0 Å². The highest BCUT2D eigenvalue weighted by molar-refractivity contribution is 5.31. The molecule has 4 rings (SSSR count). The Hall–Kier alpha value is -1.75. The third-order valence-electron chi connectivity index (χ3n) is 5.71. The van der Waals surface area contributed by atoms with Gasteiger partial charge in [-0.05, 0) is 63.3 Å². The fourth-order valence-electron chi connectivity index (χ4n) is 4.49. The molecule has 2 bridgehead atoms. The second-order valence-electron chi connectivity index (χ2n) is 7.02. The summed E-state index contributed by atoms with van der Waals surface area (Å²) in [6.07, 6.45) is 3.43. The number of nitrogens with zero attached hydrogens (tertiary/aromatic N) is 3. The molecule has 1 aromatic carbocycles. The van der Waals surface area contributed by atoms with Gasteiger partial charge in [0, 0.05) is 12.1 Å². The summed E-state index contributed by atoms with van der Waals surface area (Å²) in [5, 5.41) is 3.99. The number of hydrogen-bond donors (Lipinski definition) is 0. The van der Waals surface area contributed by atoms with Gasteiger partial charge in [0.05, 0.1) is 5.92 Å². The predicted molar refractivity (Wildman–Crippen MR) is 84.8 cm³/mol. The second kappa shape index (κ2) is 5.41. The van der Waals surface area contributed by atoms with Crippen LogP contribution >= 0.6 is 0 Å². The summed E-state index contributed by atoms with van der Waals surface area (Å²) in [6.45, 7) is 3.68. The smallest absolute Gasteiger partial charge is 0.231 e. The molecule has 0 N–H and O–H groups in total. The van der Waals surface area contributed by atoms with E-state index in [2.05, 4.69) is 22.1 Å². The summed E-state index contributed by atoms with van der Waals surface area (Å²) in [5.41, 5.74) is 1.89. The van der Waals surface area contributed by atoms with Crippen molar-refractivity contribution in [2.45, 2.75) is 57.0 Å². The monoisotopic (exact) mass is 315 g/mol. The molecule has 2 aromatic rings.